The van der Waals surface area contributed by atoms with Crippen LogP contribution in [-0.4, -0.2) is 37.0 Å². The molecule has 0 spiro atoms. The first kappa shape index (κ1) is 15.0. The highest BCUT2D eigenvalue weighted by Crippen LogP contribution is 2.19. The van der Waals surface area contributed by atoms with Crippen molar-refractivity contribution < 1.29 is 4.79 Å². The number of rotatable bonds is 4. The van der Waals surface area contributed by atoms with Gasteiger partial charge in [-0.05, 0) is 63.7 Å². The van der Waals surface area contributed by atoms with E-state index in [1.807, 2.05) is 36.9 Å². The van der Waals surface area contributed by atoms with Crippen molar-refractivity contribution in [2.75, 3.05) is 26.2 Å². The van der Waals surface area contributed by atoms with Crippen LogP contribution in [-0.2, 0) is 0 Å². The minimum Gasteiger partial charge on any atom is -0.339 e. The maximum atomic E-state index is 12.8. The first-order valence-corrected chi connectivity index (χ1v) is 7.69. The van der Waals surface area contributed by atoms with Crippen LogP contribution in [0, 0.1) is 19.8 Å². The number of nitrogens with one attached hydrogen (secondary N) is 1. The van der Waals surface area contributed by atoms with Crippen molar-refractivity contribution in [3.63, 3.8) is 0 Å². The molecule has 0 radical (unpaired) electrons. The Morgan fingerprint density at radius 3 is 2.40 bits per heavy atom. The molecule has 0 unspecified atom stereocenters. The molecule has 3 heteroatoms. The lowest BCUT2D eigenvalue weighted by Gasteiger charge is -2.30. The predicted molar refractivity (Wildman–Crippen MR) is 83.1 cm³/mol. The number of piperidine rings is 1. The van der Waals surface area contributed by atoms with E-state index in [4.69, 9.17) is 0 Å². The molecule has 1 aliphatic rings. The van der Waals surface area contributed by atoms with Crippen LogP contribution in [0.2, 0.25) is 0 Å². The maximum absolute atomic E-state index is 12.8. The quantitative estimate of drug-likeness (QED) is 0.915. The van der Waals surface area contributed by atoms with Gasteiger partial charge in [0.25, 0.3) is 5.91 Å². The van der Waals surface area contributed by atoms with Gasteiger partial charge in [-0.25, -0.2) is 0 Å². The van der Waals surface area contributed by atoms with Crippen LogP contribution in [0.3, 0.4) is 0 Å². The normalized spacial score (nSPS) is 16.1. The zero-order valence-corrected chi connectivity index (χ0v) is 12.9. The van der Waals surface area contributed by atoms with E-state index in [2.05, 4.69) is 12.2 Å². The van der Waals surface area contributed by atoms with E-state index in [1.54, 1.807) is 0 Å². The molecule has 0 saturated carbocycles. The van der Waals surface area contributed by atoms with Crippen LogP contribution in [0.25, 0.3) is 0 Å². The summed E-state index contributed by atoms with van der Waals surface area (Å²) in [6, 6.07) is 6.07. The fourth-order valence-electron chi connectivity index (χ4n) is 3.04. The monoisotopic (exact) mass is 274 g/mol. The molecule has 0 bridgehead atoms. The minimum absolute atomic E-state index is 0.196. The Balaban J connectivity index is 2.12. The fourth-order valence-corrected chi connectivity index (χ4v) is 3.04. The molecule has 0 aliphatic carbocycles. The highest BCUT2D eigenvalue weighted by Gasteiger charge is 2.22. The lowest BCUT2D eigenvalue weighted by atomic mass is 9.96. The molecule has 2 rings (SSSR count). The van der Waals surface area contributed by atoms with Crippen molar-refractivity contribution >= 4 is 5.91 Å². The third kappa shape index (κ3) is 3.40. The van der Waals surface area contributed by atoms with Gasteiger partial charge in [0, 0.05) is 18.7 Å². The number of amides is 1. The van der Waals surface area contributed by atoms with Gasteiger partial charge in [0.1, 0.15) is 0 Å². The molecular formula is C17H26N2O. The summed E-state index contributed by atoms with van der Waals surface area (Å²) in [5, 5.41) is 3.38. The molecule has 0 aromatic heterocycles. The van der Waals surface area contributed by atoms with Crippen LogP contribution in [0.5, 0.6) is 0 Å². The van der Waals surface area contributed by atoms with E-state index in [1.165, 1.54) is 12.8 Å². The topological polar surface area (TPSA) is 32.3 Å². The average Bonchev–Trinajstić information content (AvgIpc) is 2.45. The summed E-state index contributed by atoms with van der Waals surface area (Å²) in [5.41, 5.74) is 3.06. The van der Waals surface area contributed by atoms with E-state index in [0.29, 0.717) is 5.92 Å². The summed E-state index contributed by atoms with van der Waals surface area (Å²) in [6.07, 6.45) is 2.35. The Hall–Kier alpha value is -1.35. The number of aryl methyl sites for hydroxylation is 2. The van der Waals surface area contributed by atoms with Gasteiger partial charge in [-0.15, -0.1) is 0 Å². The molecule has 1 aromatic carbocycles. The molecule has 20 heavy (non-hydrogen) atoms. The van der Waals surface area contributed by atoms with Gasteiger partial charge in [0.2, 0.25) is 0 Å². The van der Waals surface area contributed by atoms with E-state index in [9.17, 15) is 4.79 Å². The summed E-state index contributed by atoms with van der Waals surface area (Å²) in [4.78, 5) is 14.8. The van der Waals surface area contributed by atoms with Gasteiger partial charge in [-0.1, -0.05) is 18.2 Å². The predicted octanol–water partition coefficient (Wildman–Crippen LogP) is 2.77. The number of hydrogen-bond donors (Lipinski definition) is 1. The number of carbonyl (C=O) groups excluding carboxylic acids is 1. The molecule has 1 aromatic rings. The highest BCUT2D eigenvalue weighted by atomic mass is 16.2. The van der Waals surface area contributed by atoms with Crippen molar-refractivity contribution in [1.29, 1.82) is 0 Å². The lowest BCUT2D eigenvalue weighted by molar-refractivity contribution is 0.0725. The SMILES string of the molecule is CCN(CC1CCNCC1)C(=O)c1c(C)cccc1C. The second-order valence-electron chi connectivity index (χ2n) is 5.80. The van der Waals surface area contributed by atoms with Gasteiger partial charge in [-0.2, -0.15) is 0 Å². The molecule has 1 fully saturated rings. The lowest BCUT2D eigenvalue weighted by Crippen LogP contribution is -2.39. The molecule has 1 heterocycles. The van der Waals surface area contributed by atoms with Crippen molar-refractivity contribution in [3.8, 4) is 0 Å². The third-order valence-electron chi connectivity index (χ3n) is 4.30. The summed E-state index contributed by atoms with van der Waals surface area (Å²) >= 11 is 0. The zero-order chi connectivity index (χ0) is 14.5. The molecule has 110 valence electrons. The Labute approximate surface area is 122 Å². The van der Waals surface area contributed by atoms with E-state index in [0.717, 1.165) is 42.9 Å². The van der Waals surface area contributed by atoms with Gasteiger partial charge in [0.05, 0.1) is 0 Å². The molecular weight excluding hydrogens is 248 g/mol. The minimum atomic E-state index is 0.196. The largest absolute Gasteiger partial charge is 0.339 e. The van der Waals surface area contributed by atoms with Crippen molar-refractivity contribution in [1.82, 2.24) is 10.2 Å². The number of benzene rings is 1. The first-order chi connectivity index (χ1) is 9.63. The van der Waals surface area contributed by atoms with E-state index in [-0.39, 0.29) is 5.91 Å². The van der Waals surface area contributed by atoms with Gasteiger partial charge in [0.15, 0.2) is 0 Å². The smallest absolute Gasteiger partial charge is 0.254 e. The van der Waals surface area contributed by atoms with Crippen LogP contribution in [0.1, 0.15) is 41.3 Å². The van der Waals surface area contributed by atoms with E-state index >= 15 is 0 Å². The molecule has 0 atom stereocenters. The molecule has 1 aliphatic heterocycles. The Morgan fingerprint density at radius 2 is 1.85 bits per heavy atom. The standard InChI is InChI=1S/C17H26N2O/c1-4-19(12-15-8-10-18-11-9-15)17(20)16-13(2)6-5-7-14(16)3/h5-7,15,18H,4,8-12H2,1-3H3. The Morgan fingerprint density at radius 1 is 1.25 bits per heavy atom. The highest BCUT2D eigenvalue weighted by molar-refractivity contribution is 5.97. The van der Waals surface area contributed by atoms with E-state index < -0.39 is 0 Å². The Kier molecular flexibility index (Phi) is 5.18. The van der Waals surface area contributed by atoms with Crippen LogP contribution in [0.4, 0.5) is 0 Å². The van der Waals surface area contributed by atoms with Crippen molar-refractivity contribution in [2.24, 2.45) is 5.92 Å². The van der Waals surface area contributed by atoms with Gasteiger partial charge >= 0.3 is 0 Å². The van der Waals surface area contributed by atoms with Crippen LogP contribution >= 0.6 is 0 Å². The summed E-state index contributed by atoms with van der Waals surface area (Å²) in [7, 11) is 0. The number of carbonyl (C=O) groups is 1. The van der Waals surface area contributed by atoms with Crippen molar-refractivity contribution in [3.05, 3.63) is 34.9 Å². The summed E-state index contributed by atoms with van der Waals surface area (Å²) in [5.74, 6) is 0.839. The molecule has 1 saturated heterocycles. The number of hydrogen-bond acceptors (Lipinski definition) is 2. The maximum Gasteiger partial charge on any atom is 0.254 e. The first-order valence-electron chi connectivity index (χ1n) is 7.69. The summed E-state index contributed by atoms with van der Waals surface area (Å²) in [6.45, 7) is 9.98. The Bertz CT molecular complexity index is 444. The second-order valence-corrected chi connectivity index (χ2v) is 5.80. The van der Waals surface area contributed by atoms with Crippen LogP contribution < -0.4 is 5.32 Å². The molecule has 1 amide bonds. The third-order valence-corrected chi connectivity index (χ3v) is 4.30. The second kappa shape index (κ2) is 6.89. The molecule has 1 N–H and O–H groups in total. The van der Waals surface area contributed by atoms with Gasteiger partial charge in [-0.3, -0.25) is 4.79 Å². The fraction of sp³-hybridized carbons (Fsp3) is 0.588. The van der Waals surface area contributed by atoms with Crippen molar-refractivity contribution in [2.45, 2.75) is 33.6 Å². The van der Waals surface area contributed by atoms with Gasteiger partial charge < -0.3 is 10.2 Å². The number of nitrogens with zero attached hydrogens (tertiary/aromatic N) is 1. The summed E-state index contributed by atoms with van der Waals surface area (Å²) < 4.78 is 0. The zero-order valence-electron chi connectivity index (χ0n) is 12.9. The molecule has 3 nitrogen and oxygen atoms in total. The van der Waals surface area contributed by atoms with Crippen LogP contribution in [0.15, 0.2) is 18.2 Å². The average molecular weight is 274 g/mol.